The van der Waals surface area contributed by atoms with Gasteiger partial charge in [-0.05, 0) is 51.7 Å². The van der Waals surface area contributed by atoms with Crippen molar-refractivity contribution in [3.63, 3.8) is 0 Å². The lowest BCUT2D eigenvalue weighted by Gasteiger charge is -2.18. The van der Waals surface area contributed by atoms with Gasteiger partial charge in [0, 0.05) is 16.8 Å². The van der Waals surface area contributed by atoms with E-state index in [1.54, 1.807) is 6.26 Å². The molecule has 128 valence electrons. The zero-order chi connectivity index (χ0) is 17.2. The quantitative estimate of drug-likeness (QED) is 0.773. The average molecular weight is 334 g/mol. The molecular formula is C20H22N4O. The predicted octanol–water partition coefficient (Wildman–Crippen LogP) is 4.24. The molecule has 0 aliphatic heterocycles. The molecule has 4 rings (SSSR count). The van der Waals surface area contributed by atoms with Crippen LogP contribution >= 0.6 is 0 Å². The second-order valence-corrected chi connectivity index (χ2v) is 6.62. The highest BCUT2D eigenvalue weighted by Gasteiger charge is 2.17. The molecule has 1 aliphatic rings. The summed E-state index contributed by atoms with van der Waals surface area (Å²) in [6, 6.07) is 8.19. The number of rotatable bonds is 4. The molecule has 0 spiro atoms. The lowest BCUT2D eigenvalue weighted by Crippen LogP contribution is -2.13. The van der Waals surface area contributed by atoms with Crippen LogP contribution in [0, 0.1) is 13.8 Å². The summed E-state index contributed by atoms with van der Waals surface area (Å²) in [7, 11) is 0. The SMILES string of the molecule is Cc1ccc(-c2nc(CNc3nc(C)nc4c3CCCC4)co2)cc1. The van der Waals surface area contributed by atoms with Gasteiger partial charge in [0.2, 0.25) is 5.89 Å². The van der Waals surface area contributed by atoms with Gasteiger partial charge in [-0.1, -0.05) is 17.7 Å². The van der Waals surface area contributed by atoms with Crippen molar-refractivity contribution in [2.75, 3.05) is 5.32 Å². The first-order valence-corrected chi connectivity index (χ1v) is 8.81. The fraction of sp³-hybridized carbons (Fsp3) is 0.350. The highest BCUT2D eigenvalue weighted by atomic mass is 16.3. The Morgan fingerprint density at radius 3 is 2.64 bits per heavy atom. The number of aryl methyl sites for hydroxylation is 3. The van der Waals surface area contributed by atoms with Crippen LogP contribution < -0.4 is 5.32 Å². The van der Waals surface area contributed by atoms with Gasteiger partial charge in [0.1, 0.15) is 17.9 Å². The molecule has 0 saturated carbocycles. The van der Waals surface area contributed by atoms with Crippen LogP contribution in [-0.2, 0) is 19.4 Å². The fourth-order valence-corrected chi connectivity index (χ4v) is 3.25. The third-order valence-electron chi connectivity index (χ3n) is 4.58. The molecule has 1 aliphatic carbocycles. The van der Waals surface area contributed by atoms with Gasteiger partial charge in [0.25, 0.3) is 0 Å². The van der Waals surface area contributed by atoms with Crippen molar-refractivity contribution in [1.82, 2.24) is 15.0 Å². The number of anilines is 1. The van der Waals surface area contributed by atoms with Gasteiger partial charge in [-0.15, -0.1) is 0 Å². The van der Waals surface area contributed by atoms with Crippen molar-refractivity contribution in [2.45, 2.75) is 46.1 Å². The van der Waals surface area contributed by atoms with E-state index in [0.29, 0.717) is 12.4 Å². The van der Waals surface area contributed by atoms with Crippen LogP contribution in [0.2, 0.25) is 0 Å². The molecule has 2 heterocycles. The molecule has 1 N–H and O–H groups in total. The average Bonchev–Trinajstić information content (AvgIpc) is 3.09. The molecule has 1 aromatic carbocycles. The summed E-state index contributed by atoms with van der Waals surface area (Å²) in [6.45, 7) is 4.61. The number of fused-ring (bicyclic) bond motifs is 1. The maximum absolute atomic E-state index is 5.63. The maximum Gasteiger partial charge on any atom is 0.226 e. The Hall–Kier alpha value is -2.69. The summed E-state index contributed by atoms with van der Waals surface area (Å²) in [5.41, 5.74) is 5.55. The minimum Gasteiger partial charge on any atom is -0.444 e. The van der Waals surface area contributed by atoms with Gasteiger partial charge in [0.15, 0.2) is 0 Å². The van der Waals surface area contributed by atoms with Crippen LogP contribution in [0.25, 0.3) is 11.5 Å². The van der Waals surface area contributed by atoms with Crippen molar-refractivity contribution in [3.05, 3.63) is 58.9 Å². The summed E-state index contributed by atoms with van der Waals surface area (Å²) in [5.74, 6) is 2.42. The Labute approximate surface area is 147 Å². The number of hydrogen-bond donors (Lipinski definition) is 1. The van der Waals surface area contributed by atoms with Crippen LogP contribution in [0.5, 0.6) is 0 Å². The smallest absolute Gasteiger partial charge is 0.226 e. The Morgan fingerprint density at radius 2 is 1.80 bits per heavy atom. The highest BCUT2D eigenvalue weighted by Crippen LogP contribution is 2.26. The highest BCUT2D eigenvalue weighted by molar-refractivity contribution is 5.54. The predicted molar refractivity (Wildman–Crippen MR) is 97.4 cm³/mol. The Bertz CT molecular complexity index is 883. The molecular weight excluding hydrogens is 312 g/mol. The number of aromatic nitrogens is 3. The Kier molecular flexibility index (Phi) is 4.22. The van der Waals surface area contributed by atoms with Crippen molar-refractivity contribution < 1.29 is 4.42 Å². The van der Waals surface area contributed by atoms with E-state index in [0.717, 1.165) is 35.7 Å². The van der Waals surface area contributed by atoms with E-state index in [1.165, 1.54) is 29.7 Å². The van der Waals surface area contributed by atoms with Crippen LogP contribution in [0.4, 0.5) is 5.82 Å². The molecule has 0 atom stereocenters. The molecule has 2 aromatic heterocycles. The van der Waals surface area contributed by atoms with Crippen molar-refractivity contribution >= 4 is 5.82 Å². The van der Waals surface area contributed by atoms with E-state index < -0.39 is 0 Å². The molecule has 0 bridgehead atoms. The van der Waals surface area contributed by atoms with Crippen LogP contribution in [0.15, 0.2) is 34.9 Å². The fourth-order valence-electron chi connectivity index (χ4n) is 3.25. The molecule has 0 radical (unpaired) electrons. The van der Waals surface area contributed by atoms with Crippen LogP contribution in [-0.4, -0.2) is 15.0 Å². The monoisotopic (exact) mass is 334 g/mol. The lowest BCUT2D eigenvalue weighted by molar-refractivity contribution is 0.573. The topological polar surface area (TPSA) is 63.8 Å². The number of oxazole rings is 1. The summed E-state index contributed by atoms with van der Waals surface area (Å²) in [6.07, 6.45) is 6.23. The third-order valence-corrected chi connectivity index (χ3v) is 4.58. The third kappa shape index (κ3) is 3.40. The standard InChI is InChI=1S/C20H22N4O/c1-13-7-9-15(10-8-13)20-24-16(12-25-20)11-21-19-17-5-3-4-6-18(17)22-14(2)23-19/h7-10,12H,3-6,11H2,1-2H3,(H,21,22,23). The van der Waals surface area contributed by atoms with E-state index in [-0.39, 0.29) is 0 Å². The minimum absolute atomic E-state index is 0.595. The number of hydrogen-bond acceptors (Lipinski definition) is 5. The minimum atomic E-state index is 0.595. The molecule has 5 nitrogen and oxygen atoms in total. The maximum atomic E-state index is 5.63. The van der Waals surface area contributed by atoms with Gasteiger partial charge < -0.3 is 9.73 Å². The van der Waals surface area contributed by atoms with Crippen LogP contribution in [0.1, 0.15) is 41.2 Å². The number of nitrogens with zero attached hydrogens (tertiary/aromatic N) is 3. The molecule has 3 aromatic rings. The van der Waals surface area contributed by atoms with E-state index >= 15 is 0 Å². The van der Waals surface area contributed by atoms with E-state index in [9.17, 15) is 0 Å². The van der Waals surface area contributed by atoms with Gasteiger partial charge in [-0.3, -0.25) is 0 Å². The largest absolute Gasteiger partial charge is 0.444 e. The van der Waals surface area contributed by atoms with E-state index in [2.05, 4.69) is 39.3 Å². The first-order chi connectivity index (χ1) is 12.2. The number of benzene rings is 1. The molecule has 0 amide bonds. The first-order valence-electron chi connectivity index (χ1n) is 8.81. The van der Waals surface area contributed by atoms with E-state index in [1.807, 2.05) is 19.1 Å². The van der Waals surface area contributed by atoms with Crippen molar-refractivity contribution in [2.24, 2.45) is 0 Å². The normalized spacial score (nSPS) is 13.5. The molecule has 5 heteroatoms. The van der Waals surface area contributed by atoms with Crippen molar-refractivity contribution in [1.29, 1.82) is 0 Å². The zero-order valence-electron chi connectivity index (χ0n) is 14.7. The van der Waals surface area contributed by atoms with E-state index in [4.69, 9.17) is 4.42 Å². The summed E-state index contributed by atoms with van der Waals surface area (Å²) < 4.78 is 5.63. The summed E-state index contributed by atoms with van der Waals surface area (Å²) in [5, 5.41) is 3.43. The molecule has 0 fully saturated rings. The summed E-state index contributed by atoms with van der Waals surface area (Å²) in [4.78, 5) is 13.8. The first kappa shape index (κ1) is 15.8. The molecule has 0 unspecified atom stereocenters. The van der Waals surface area contributed by atoms with Gasteiger partial charge in [-0.2, -0.15) is 0 Å². The molecule has 25 heavy (non-hydrogen) atoms. The summed E-state index contributed by atoms with van der Waals surface area (Å²) >= 11 is 0. The number of nitrogens with one attached hydrogen (secondary N) is 1. The second-order valence-electron chi connectivity index (χ2n) is 6.62. The van der Waals surface area contributed by atoms with Gasteiger partial charge in [0.05, 0.1) is 12.2 Å². The Morgan fingerprint density at radius 1 is 1.00 bits per heavy atom. The zero-order valence-corrected chi connectivity index (χ0v) is 14.7. The van der Waals surface area contributed by atoms with Crippen LogP contribution in [0.3, 0.4) is 0 Å². The second kappa shape index (κ2) is 6.67. The Balaban J connectivity index is 1.51. The van der Waals surface area contributed by atoms with Gasteiger partial charge >= 0.3 is 0 Å². The molecule has 0 saturated heterocycles. The lowest BCUT2D eigenvalue weighted by atomic mass is 9.96. The van der Waals surface area contributed by atoms with Gasteiger partial charge in [-0.25, -0.2) is 15.0 Å². The van der Waals surface area contributed by atoms with Crippen molar-refractivity contribution in [3.8, 4) is 11.5 Å².